The molecule has 0 aliphatic rings. The predicted molar refractivity (Wildman–Crippen MR) is 235 cm³/mol. The van der Waals surface area contributed by atoms with Gasteiger partial charge in [-0.05, 0) is 65.7 Å². The molecule has 0 saturated heterocycles. The van der Waals surface area contributed by atoms with Gasteiger partial charge in [0.05, 0.1) is 39.4 Å². The molecule has 11 rings (SSSR count). The minimum absolute atomic E-state index is 0.521. The van der Waals surface area contributed by atoms with Crippen molar-refractivity contribution < 1.29 is 0 Å². The number of hydrogen-bond acceptors (Lipinski definition) is 4. The molecule has 3 heterocycles. The normalized spacial score (nSPS) is 11.4. The first kappa shape index (κ1) is 33.2. The van der Waals surface area contributed by atoms with Gasteiger partial charge in [0.25, 0.3) is 0 Å². The molecule has 0 N–H and O–H groups in total. The first-order valence-corrected chi connectivity index (χ1v) is 19.3. The summed E-state index contributed by atoms with van der Waals surface area (Å²) >= 11 is 0. The van der Waals surface area contributed by atoms with Crippen LogP contribution >= 0.6 is 0 Å². The first-order chi connectivity index (χ1) is 28.7. The topological polar surface area (TPSA) is 72.3 Å². The minimum Gasteiger partial charge on any atom is -0.309 e. The highest BCUT2D eigenvalue weighted by molar-refractivity contribution is 6.22. The summed E-state index contributed by atoms with van der Waals surface area (Å²) in [6.45, 7) is 0. The van der Waals surface area contributed by atoms with Crippen molar-refractivity contribution in [2.24, 2.45) is 0 Å². The molecule has 6 nitrogen and oxygen atoms in total. The number of rotatable bonds is 6. The van der Waals surface area contributed by atoms with Crippen LogP contribution in [-0.2, 0) is 0 Å². The van der Waals surface area contributed by atoms with E-state index >= 15 is 0 Å². The standard InChI is InChI=1S/C52H32N6/c53-33-34-30-31-42(52-55-50(35-16-4-1-5-17-35)54-51(56-52)36-18-6-2-7-19-36)47(32-34)58-44-27-13-11-23-41(44)49-39(25-15-29-46(49)58)38-24-14-28-45-48(38)40-22-10-12-26-43(40)57(45)37-20-8-3-9-21-37/h1-32H. The zero-order chi connectivity index (χ0) is 38.6. The Kier molecular flexibility index (Phi) is 7.76. The fourth-order valence-electron chi connectivity index (χ4n) is 8.51. The van der Waals surface area contributed by atoms with Crippen LogP contribution in [0.1, 0.15) is 5.56 Å². The summed E-state index contributed by atoms with van der Waals surface area (Å²) in [6.07, 6.45) is 0. The summed E-state index contributed by atoms with van der Waals surface area (Å²) in [7, 11) is 0. The fraction of sp³-hybridized carbons (Fsp3) is 0. The van der Waals surface area contributed by atoms with Crippen molar-refractivity contribution in [1.82, 2.24) is 24.1 Å². The van der Waals surface area contributed by atoms with Crippen molar-refractivity contribution >= 4 is 43.6 Å². The summed E-state index contributed by atoms with van der Waals surface area (Å²) in [5.41, 5.74) is 11.7. The second kappa shape index (κ2) is 13.6. The zero-order valence-corrected chi connectivity index (χ0v) is 31.2. The minimum atomic E-state index is 0.521. The Hall–Kier alpha value is -8.14. The number of aromatic nitrogens is 5. The fourth-order valence-corrected chi connectivity index (χ4v) is 8.51. The Bertz CT molecular complexity index is 3340. The molecule has 0 unspecified atom stereocenters. The van der Waals surface area contributed by atoms with E-state index in [1.807, 2.05) is 78.9 Å². The average Bonchev–Trinajstić information content (AvgIpc) is 3.83. The number of nitrogens with zero attached hydrogens (tertiary/aromatic N) is 6. The third-order valence-electron chi connectivity index (χ3n) is 11.0. The molecule has 3 aromatic heterocycles. The lowest BCUT2D eigenvalue weighted by Crippen LogP contribution is -2.04. The zero-order valence-electron chi connectivity index (χ0n) is 31.2. The van der Waals surface area contributed by atoms with Crippen LogP contribution in [0.25, 0.3) is 100 Å². The summed E-state index contributed by atoms with van der Waals surface area (Å²) in [4.78, 5) is 15.2. The SMILES string of the molecule is N#Cc1ccc(-c2nc(-c3ccccc3)nc(-c3ccccc3)n2)c(-n2c3ccccc3c3c(-c4cccc5c4c4ccccc4n5-c4ccccc4)cccc32)c1. The number of fused-ring (bicyclic) bond motifs is 6. The van der Waals surface area contributed by atoms with E-state index in [1.165, 1.54) is 10.8 Å². The van der Waals surface area contributed by atoms with Gasteiger partial charge < -0.3 is 9.13 Å². The van der Waals surface area contributed by atoms with Gasteiger partial charge in [0.1, 0.15) is 0 Å². The van der Waals surface area contributed by atoms with Crippen molar-refractivity contribution in [2.45, 2.75) is 0 Å². The molecule has 0 radical (unpaired) electrons. The highest BCUT2D eigenvalue weighted by Gasteiger charge is 2.23. The van der Waals surface area contributed by atoms with E-state index in [1.54, 1.807) is 0 Å². The van der Waals surface area contributed by atoms with Gasteiger partial charge in [-0.15, -0.1) is 0 Å². The Morgan fingerprint density at radius 3 is 1.41 bits per heavy atom. The van der Waals surface area contributed by atoms with Crippen molar-refractivity contribution in [1.29, 1.82) is 5.26 Å². The summed E-state index contributed by atoms with van der Waals surface area (Å²) < 4.78 is 4.63. The van der Waals surface area contributed by atoms with Crippen LogP contribution in [-0.4, -0.2) is 24.1 Å². The number of benzene rings is 8. The lowest BCUT2D eigenvalue weighted by Gasteiger charge is -2.15. The Balaban J connectivity index is 1.20. The number of para-hydroxylation sites is 3. The molecule has 11 aromatic rings. The molecule has 8 aromatic carbocycles. The van der Waals surface area contributed by atoms with Crippen LogP contribution in [0.15, 0.2) is 194 Å². The molecule has 0 fully saturated rings. The van der Waals surface area contributed by atoms with Gasteiger partial charge in [-0.3, -0.25) is 0 Å². The van der Waals surface area contributed by atoms with Crippen molar-refractivity contribution in [3.05, 3.63) is 200 Å². The van der Waals surface area contributed by atoms with Crippen molar-refractivity contribution in [2.75, 3.05) is 0 Å². The van der Waals surface area contributed by atoms with Crippen LogP contribution in [0.3, 0.4) is 0 Å². The molecule has 0 bridgehead atoms. The van der Waals surface area contributed by atoms with E-state index in [0.29, 0.717) is 23.0 Å². The van der Waals surface area contributed by atoms with Crippen molar-refractivity contribution in [3.8, 4) is 62.7 Å². The third kappa shape index (κ3) is 5.30. The molecule has 0 saturated carbocycles. The second-order valence-corrected chi connectivity index (χ2v) is 14.3. The molecule has 0 aliphatic heterocycles. The number of hydrogen-bond donors (Lipinski definition) is 0. The van der Waals surface area contributed by atoms with Crippen LogP contribution in [0.2, 0.25) is 0 Å². The van der Waals surface area contributed by atoms with Crippen LogP contribution in [0.4, 0.5) is 0 Å². The average molecular weight is 741 g/mol. The lowest BCUT2D eigenvalue weighted by molar-refractivity contribution is 1.06. The van der Waals surface area contributed by atoms with E-state index in [4.69, 9.17) is 15.0 Å². The largest absolute Gasteiger partial charge is 0.309 e. The molecule has 0 spiro atoms. The van der Waals surface area contributed by atoms with E-state index < -0.39 is 0 Å². The maximum Gasteiger partial charge on any atom is 0.166 e. The molecule has 6 heteroatoms. The molecule has 0 atom stereocenters. The van der Waals surface area contributed by atoms with Gasteiger partial charge in [0.15, 0.2) is 17.5 Å². The molecule has 0 aliphatic carbocycles. The maximum absolute atomic E-state index is 10.3. The van der Waals surface area contributed by atoms with Gasteiger partial charge in [-0.1, -0.05) is 140 Å². The highest BCUT2D eigenvalue weighted by Crippen LogP contribution is 2.44. The Labute approximate surface area is 334 Å². The van der Waals surface area contributed by atoms with Gasteiger partial charge in [-0.2, -0.15) is 5.26 Å². The predicted octanol–water partition coefficient (Wildman–Crippen LogP) is 12.6. The van der Waals surface area contributed by atoms with Gasteiger partial charge in [0.2, 0.25) is 0 Å². The molecule has 0 amide bonds. The van der Waals surface area contributed by atoms with E-state index in [0.717, 1.165) is 72.0 Å². The van der Waals surface area contributed by atoms with Crippen LogP contribution in [0, 0.1) is 11.3 Å². The monoisotopic (exact) mass is 740 g/mol. The Morgan fingerprint density at radius 1 is 0.379 bits per heavy atom. The van der Waals surface area contributed by atoms with Crippen molar-refractivity contribution in [3.63, 3.8) is 0 Å². The lowest BCUT2D eigenvalue weighted by atomic mass is 9.95. The second-order valence-electron chi connectivity index (χ2n) is 14.3. The highest BCUT2D eigenvalue weighted by atomic mass is 15.1. The van der Waals surface area contributed by atoms with E-state index in [9.17, 15) is 5.26 Å². The third-order valence-corrected chi connectivity index (χ3v) is 11.0. The summed E-state index contributed by atoms with van der Waals surface area (Å²) in [6, 6.07) is 69.1. The van der Waals surface area contributed by atoms with Crippen LogP contribution in [0.5, 0.6) is 0 Å². The van der Waals surface area contributed by atoms with Crippen LogP contribution < -0.4 is 0 Å². The summed E-state index contributed by atoms with van der Waals surface area (Å²) in [5, 5.41) is 14.9. The Morgan fingerprint density at radius 2 is 0.845 bits per heavy atom. The quantitative estimate of drug-likeness (QED) is 0.170. The van der Waals surface area contributed by atoms with E-state index in [-0.39, 0.29) is 0 Å². The molecule has 58 heavy (non-hydrogen) atoms. The van der Waals surface area contributed by atoms with Gasteiger partial charge >= 0.3 is 0 Å². The molecule has 270 valence electrons. The maximum atomic E-state index is 10.3. The van der Waals surface area contributed by atoms with Gasteiger partial charge in [0, 0.05) is 43.9 Å². The first-order valence-electron chi connectivity index (χ1n) is 19.3. The molecular formula is C52H32N6. The van der Waals surface area contributed by atoms with E-state index in [2.05, 4.69) is 130 Å². The summed E-state index contributed by atoms with van der Waals surface area (Å²) in [5.74, 6) is 1.67. The van der Waals surface area contributed by atoms with Gasteiger partial charge in [-0.25, -0.2) is 15.0 Å². The smallest absolute Gasteiger partial charge is 0.166 e. The number of nitriles is 1. The molecular weight excluding hydrogens is 709 g/mol.